The molecule has 2 aliphatic heterocycles. The molecule has 8 heterocycles. The van der Waals surface area contributed by atoms with Gasteiger partial charge in [-0.25, -0.2) is 9.03 Å². The van der Waals surface area contributed by atoms with Crippen LogP contribution in [0.3, 0.4) is 0 Å². The van der Waals surface area contributed by atoms with Crippen molar-refractivity contribution in [1.82, 2.24) is 63.0 Å². The molecule has 2 amide bonds. The number of amides is 2. The number of alkyl halides is 3. The van der Waals surface area contributed by atoms with Gasteiger partial charge in [-0.2, -0.15) is 33.1 Å². The number of halogens is 6. The predicted molar refractivity (Wildman–Crippen MR) is 330 cm³/mol. The molecule has 1 saturated carbocycles. The summed E-state index contributed by atoms with van der Waals surface area (Å²) in [6, 6.07) is 32.7. The van der Waals surface area contributed by atoms with E-state index in [1.54, 1.807) is 67.0 Å². The number of fused-ring (bicyclic) bond motifs is 6. The van der Waals surface area contributed by atoms with Crippen LogP contribution in [0.4, 0.5) is 13.2 Å². The van der Waals surface area contributed by atoms with Gasteiger partial charge in [0, 0.05) is 81.5 Å². The normalized spacial score (nSPS) is 17.5. The summed E-state index contributed by atoms with van der Waals surface area (Å²) in [5.41, 5.74) is 7.60. The molecule has 89 heavy (non-hydrogen) atoms. The van der Waals surface area contributed by atoms with Gasteiger partial charge in [0.25, 0.3) is 28.8 Å². The number of hydrogen-bond donors (Lipinski definition) is 1. The molecule has 0 saturated heterocycles. The van der Waals surface area contributed by atoms with Crippen molar-refractivity contribution < 1.29 is 27.4 Å². The molecule has 450 valence electrons. The Hall–Kier alpha value is -8.99. The second-order valence-corrected chi connectivity index (χ2v) is 25.1. The molecule has 24 heteroatoms. The third-order valence-electron chi connectivity index (χ3n) is 17.8. The lowest BCUT2D eigenvalue weighted by molar-refractivity contribution is -0.790. The van der Waals surface area contributed by atoms with E-state index >= 15 is 9.59 Å². The van der Waals surface area contributed by atoms with Gasteiger partial charge in [-0.3, -0.25) is 28.3 Å². The molecular formula is C65H55BrCl2F3N14O4+. The average molecular weight is 1300 g/mol. The van der Waals surface area contributed by atoms with Crippen molar-refractivity contribution in [3.05, 3.63) is 231 Å². The number of carbonyl (C=O) groups excluding carboxylic acids is 2. The number of H-pyrrole nitrogens is 1. The van der Waals surface area contributed by atoms with E-state index in [9.17, 15) is 22.8 Å². The topological polar surface area (TPSA) is 182 Å². The fourth-order valence-corrected chi connectivity index (χ4v) is 13.7. The van der Waals surface area contributed by atoms with E-state index in [0.29, 0.717) is 91.2 Å². The van der Waals surface area contributed by atoms with E-state index in [1.165, 1.54) is 11.0 Å². The molecule has 14 rings (SSSR count). The maximum absolute atomic E-state index is 15.1. The van der Waals surface area contributed by atoms with Crippen LogP contribution in [0.2, 0.25) is 10.0 Å². The molecule has 0 bridgehead atoms. The van der Waals surface area contributed by atoms with Crippen LogP contribution in [0.15, 0.2) is 148 Å². The SMILES string of the molecule is Cc1nc(-c2ccc(-n3c(=O)c4c(n5ncc(Cc6ccccc6)c35)CN(C(=O)c3ccc(Br)c(Cl)c3)C(C)C4)cc2)[nH][n+]1C1CC(Cc2cnn3c4c(c(=O)n(-c5ccc(-c6nncn6C)cc5)c23)CC(C)N(C(=O)c2ccc(Cl)c(C(F)(F)F)c2)C4)C1. The van der Waals surface area contributed by atoms with Crippen LogP contribution in [-0.4, -0.2) is 86.9 Å². The Balaban J connectivity index is 0.746. The molecule has 5 aromatic carbocycles. The van der Waals surface area contributed by atoms with E-state index in [2.05, 4.69) is 35.9 Å². The highest BCUT2D eigenvalue weighted by Crippen LogP contribution is 2.40. The summed E-state index contributed by atoms with van der Waals surface area (Å²) in [6.07, 6.45) is 3.51. The van der Waals surface area contributed by atoms with Gasteiger partial charge in [-0.1, -0.05) is 53.5 Å². The summed E-state index contributed by atoms with van der Waals surface area (Å²) in [7, 11) is 1.85. The Morgan fingerprint density at radius 2 is 1.28 bits per heavy atom. The first-order chi connectivity index (χ1) is 42.8. The minimum Gasteiger partial charge on any atom is -0.330 e. The van der Waals surface area contributed by atoms with Gasteiger partial charge in [0.1, 0.15) is 23.7 Å². The lowest BCUT2D eigenvalue weighted by Crippen LogP contribution is -2.50. The molecule has 3 aliphatic rings. The van der Waals surface area contributed by atoms with Crippen LogP contribution in [0.5, 0.6) is 0 Å². The zero-order chi connectivity index (χ0) is 61.9. The van der Waals surface area contributed by atoms with E-state index in [4.69, 9.17) is 38.4 Å². The van der Waals surface area contributed by atoms with Crippen molar-refractivity contribution >= 4 is 62.2 Å². The number of nitrogens with one attached hydrogen (secondary N) is 1. The Kier molecular flexibility index (Phi) is 14.4. The number of aromatic amines is 1. The minimum atomic E-state index is -4.77. The standard InChI is InChI=1S/C65H54BrCl2F3N14O4/c1-35-22-49-55(32-79(35)61(86)42-15-21-53(67)51(28-42)65(69,70)71)85-60(82(64(49)89)47-18-12-41(13-19-47)58-76-72-34-78(58)4)45(31-74-85)25-39-26-48(27-39)83-37(3)75-57(77-83)40-10-16-46(17-11-40)81-59-44(24-38-8-6-5-7-9-38)30-73-84(59)56-33-80(36(2)23-50(56)63(81)88)62(87)43-14-20-52(66)54(68)29-43/h5-21,28-31,34-36,39,48H,22-27,32-33H2,1-4H3/p+1. The van der Waals surface area contributed by atoms with Gasteiger partial charge in [-0.15, -0.1) is 10.2 Å². The fraction of sp³-hybridized carbons (Fsp3) is 0.262. The highest BCUT2D eigenvalue weighted by molar-refractivity contribution is 9.10. The van der Waals surface area contributed by atoms with Crippen LogP contribution in [0, 0.1) is 12.8 Å². The van der Waals surface area contributed by atoms with Crippen LogP contribution in [0.25, 0.3) is 45.4 Å². The summed E-state index contributed by atoms with van der Waals surface area (Å²) >= 11 is 15.8. The van der Waals surface area contributed by atoms with Crippen LogP contribution >= 0.6 is 39.1 Å². The van der Waals surface area contributed by atoms with Crippen molar-refractivity contribution in [2.24, 2.45) is 13.0 Å². The maximum atomic E-state index is 15.1. The molecule has 18 nitrogen and oxygen atoms in total. The van der Waals surface area contributed by atoms with E-state index < -0.39 is 28.7 Å². The first-order valence-electron chi connectivity index (χ1n) is 29.1. The molecule has 1 aliphatic carbocycles. The van der Waals surface area contributed by atoms with Crippen molar-refractivity contribution in [3.8, 4) is 34.2 Å². The summed E-state index contributed by atoms with van der Waals surface area (Å²) < 4.78 is 53.5. The Morgan fingerprint density at radius 3 is 1.85 bits per heavy atom. The maximum Gasteiger partial charge on any atom is 0.417 e. The van der Waals surface area contributed by atoms with Gasteiger partial charge in [0.05, 0.1) is 63.9 Å². The molecule has 2 atom stereocenters. The quantitative estimate of drug-likeness (QED) is 0.123. The molecular weight excluding hydrogens is 1250 g/mol. The Labute approximate surface area is 524 Å². The summed E-state index contributed by atoms with van der Waals surface area (Å²) in [6.45, 7) is 5.78. The summed E-state index contributed by atoms with van der Waals surface area (Å²) in [5, 5.41) is 21.6. The second kappa shape index (κ2) is 22.2. The monoisotopic (exact) mass is 1300 g/mol. The van der Waals surface area contributed by atoms with Crippen molar-refractivity contribution in [2.75, 3.05) is 0 Å². The third-order valence-corrected chi connectivity index (χ3v) is 19.3. The summed E-state index contributed by atoms with van der Waals surface area (Å²) in [5.74, 6) is 1.44. The Morgan fingerprint density at radius 1 is 0.719 bits per heavy atom. The number of hydrogen-bond acceptors (Lipinski definition) is 9. The Bertz CT molecular complexity index is 4800. The second-order valence-electron chi connectivity index (χ2n) is 23.4. The zero-order valence-corrected chi connectivity index (χ0v) is 51.5. The first-order valence-corrected chi connectivity index (χ1v) is 30.6. The number of aromatic nitrogens is 12. The van der Waals surface area contributed by atoms with Gasteiger partial charge in [0.15, 0.2) is 5.82 Å². The number of nitrogens with zero attached hydrogens (tertiary/aromatic N) is 13. The minimum absolute atomic E-state index is 0.0742. The van der Waals surface area contributed by atoms with Crippen LogP contribution in [-0.2, 0) is 52.0 Å². The zero-order valence-electron chi connectivity index (χ0n) is 48.4. The number of rotatable bonds is 11. The van der Waals surface area contributed by atoms with E-state index in [-0.39, 0.29) is 60.1 Å². The van der Waals surface area contributed by atoms with Gasteiger partial charge < -0.3 is 14.4 Å². The lowest BCUT2D eigenvalue weighted by atomic mass is 9.77. The summed E-state index contributed by atoms with van der Waals surface area (Å²) in [4.78, 5) is 66.6. The van der Waals surface area contributed by atoms with Crippen molar-refractivity contribution in [2.45, 2.75) is 96.7 Å². The highest BCUT2D eigenvalue weighted by atomic mass is 79.9. The molecule has 1 fully saturated rings. The molecule has 1 N–H and O–H groups in total. The number of benzene rings is 5. The molecule has 11 aromatic rings. The lowest BCUT2D eigenvalue weighted by Gasteiger charge is -2.35. The first kappa shape index (κ1) is 57.7. The van der Waals surface area contributed by atoms with Gasteiger partial charge >= 0.3 is 12.0 Å². The third kappa shape index (κ3) is 10.1. The predicted octanol–water partition coefficient (Wildman–Crippen LogP) is 11.1. The van der Waals surface area contributed by atoms with Crippen molar-refractivity contribution in [3.63, 3.8) is 0 Å². The number of carbonyl (C=O) groups is 2. The van der Waals surface area contributed by atoms with Gasteiger partial charge in [-0.05, 0) is 163 Å². The average Bonchev–Trinajstić information content (AvgIpc) is 1.72. The smallest absolute Gasteiger partial charge is 0.330 e. The molecule has 0 spiro atoms. The van der Waals surface area contributed by atoms with E-state index in [1.807, 2.05) is 104 Å². The van der Waals surface area contributed by atoms with E-state index in [0.717, 1.165) is 58.6 Å². The number of aryl methyl sites for hydroxylation is 2. The van der Waals surface area contributed by atoms with Crippen molar-refractivity contribution in [1.29, 1.82) is 0 Å². The van der Waals surface area contributed by atoms with Crippen LogP contribution < -0.4 is 15.8 Å². The largest absolute Gasteiger partial charge is 0.417 e. The van der Waals surface area contributed by atoms with Crippen LogP contribution in [0.1, 0.15) is 104 Å². The highest BCUT2D eigenvalue weighted by Gasteiger charge is 2.41. The molecule has 6 aromatic heterocycles. The van der Waals surface area contributed by atoms with Gasteiger partial charge in [0.2, 0.25) is 0 Å². The fourth-order valence-electron chi connectivity index (χ4n) is 13.1. The molecule has 0 radical (unpaired) electrons. The molecule has 2 unspecified atom stereocenters.